The van der Waals surface area contributed by atoms with Crippen LogP contribution in [-0.2, 0) is 27.3 Å². The van der Waals surface area contributed by atoms with Gasteiger partial charge in [0, 0.05) is 37.4 Å². The summed E-state index contributed by atoms with van der Waals surface area (Å²) < 4.78 is 68.5. The van der Waals surface area contributed by atoms with Crippen LogP contribution in [0.1, 0.15) is 40.0 Å². The second-order valence-corrected chi connectivity index (χ2v) is 13.3. The van der Waals surface area contributed by atoms with Crippen molar-refractivity contribution >= 4 is 21.4 Å². The van der Waals surface area contributed by atoms with Gasteiger partial charge in [-0.05, 0) is 59.7 Å². The van der Waals surface area contributed by atoms with Crippen LogP contribution >= 0.6 is 0 Å². The van der Waals surface area contributed by atoms with Crippen molar-refractivity contribution in [2.75, 3.05) is 50.1 Å². The third-order valence-electron chi connectivity index (χ3n) is 8.11. The van der Waals surface area contributed by atoms with Crippen molar-refractivity contribution in [2.45, 2.75) is 36.1 Å². The van der Waals surface area contributed by atoms with E-state index in [4.69, 9.17) is 4.74 Å². The Morgan fingerprint density at radius 3 is 2.19 bits per heavy atom. The van der Waals surface area contributed by atoms with Gasteiger partial charge < -0.3 is 20.1 Å². The van der Waals surface area contributed by atoms with E-state index < -0.39 is 27.6 Å². The van der Waals surface area contributed by atoms with Crippen molar-refractivity contribution in [2.24, 2.45) is 0 Å². The van der Waals surface area contributed by atoms with Gasteiger partial charge in [-0.2, -0.15) is 13.2 Å². The Hall–Kier alpha value is -3.45. The highest BCUT2D eigenvalue weighted by atomic mass is 32.2. The first-order valence-corrected chi connectivity index (χ1v) is 15.7. The molecule has 3 aromatic rings. The predicted octanol–water partition coefficient (Wildman–Crippen LogP) is 4.05. The zero-order valence-electron chi connectivity index (χ0n) is 23.7. The van der Waals surface area contributed by atoms with E-state index in [0.717, 1.165) is 23.4 Å². The normalized spacial score (nSPS) is 17.8. The molecule has 1 amide bonds. The van der Waals surface area contributed by atoms with Gasteiger partial charge in [0.2, 0.25) is 0 Å². The molecule has 1 spiro atoms. The van der Waals surface area contributed by atoms with Gasteiger partial charge in [-0.15, -0.1) is 0 Å². The number of benzene rings is 3. The summed E-state index contributed by atoms with van der Waals surface area (Å²) in [5, 5.41) is 12.7. The van der Waals surface area contributed by atoms with E-state index in [1.54, 1.807) is 31.2 Å². The average Bonchev–Trinajstić information content (AvgIpc) is 2.99. The minimum absolute atomic E-state index is 0.0188. The van der Waals surface area contributed by atoms with E-state index >= 15 is 0 Å². The lowest BCUT2D eigenvalue weighted by atomic mass is 9.90. The van der Waals surface area contributed by atoms with Gasteiger partial charge in [0.05, 0.1) is 47.6 Å². The van der Waals surface area contributed by atoms with Gasteiger partial charge in [-0.1, -0.05) is 31.2 Å². The molecule has 1 atom stereocenters. The van der Waals surface area contributed by atoms with E-state index in [9.17, 15) is 31.5 Å². The number of piperazine rings is 1. The molecule has 12 heteroatoms. The summed E-state index contributed by atoms with van der Waals surface area (Å²) in [4.78, 5) is 17.7. The molecule has 3 aromatic carbocycles. The molecule has 8 nitrogen and oxygen atoms in total. The molecule has 0 radical (unpaired) electrons. The number of halogens is 3. The number of sulfone groups is 1. The highest BCUT2D eigenvalue weighted by Gasteiger charge is 2.48. The molecule has 2 aliphatic heterocycles. The van der Waals surface area contributed by atoms with Crippen LogP contribution in [0, 0.1) is 0 Å². The lowest BCUT2D eigenvalue weighted by molar-refractivity contribution is -0.137. The molecule has 0 aliphatic carbocycles. The fourth-order valence-electron chi connectivity index (χ4n) is 5.58. The maximum Gasteiger partial charge on any atom is 0.416 e. The van der Waals surface area contributed by atoms with Crippen LogP contribution in [0.3, 0.4) is 0 Å². The number of ether oxygens (including phenoxy) is 1. The zero-order valence-corrected chi connectivity index (χ0v) is 24.5. The molecule has 0 aromatic heterocycles. The Morgan fingerprint density at radius 2 is 1.65 bits per heavy atom. The molecule has 2 heterocycles. The van der Waals surface area contributed by atoms with Gasteiger partial charge in [0.1, 0.15) is 0 Å². The van der Waals surface area contributed by atoms with E-state index in [0.29, 0.717) is 50.5 Å². The predicted molar refractivity (Wildman–Crippen MR) is 156 cm³/mol. The quantitative estimate of drug-likeness (QED) is 0.374. The number of amides is 1. The molecule has 2 fully saturated rings. The first kappa shape index (κ1) is 31.0. The standard InChI is InChI=1S/C31H34F3N3O5S/c1-2-43(40,41)27-13-7-23(8-14-27)28(18-38)35-29(39)24-5-11-26(12-6-24)37-16-15-36(19-30(37)20-42-21-30)17-22-3-9-25(10-4-22)31(32,33)34/h3-14,28,38H,2,15-21H2,1H3,(H,35,39)/t28-/m0/s1. The minimum atomic E-state index is -4.36. The summed E-state index contributed by atoms with van der Waals surface area (Å²) >= 11 is 0. The molecular formula is C31H34F3N3O5S. The number of alkyl halides is 3. The van der Waals surface area contributed by atoms with Gasteiger partial charge in [-0.25, -0.2) is 8.42 Å². The van der Waals surface area contributed by atoms with Crippen molar-refractivity contribution in [3.8, 4) is 0 Å². The van der Waals surface area contributed by atoms with E-state index in [-0.39, 0.29) is 28.7 Å². The molecular weight excluding hydrogens is 583 g/mol. The number of aliphatic hydroxyl groups is 1. The lowest BCUT2D eigenvalue weighted by Gasteiger charge is -2.56. The zero-order chi connectivity index (χ0) is 30.8. The Labute approximate surface area is 249 Å². The van der Waals surface area contributed by atoms with Gasteiger partial charge in [0.25, 0.3) is 5.91 Å². The number of hydrogen-bond acceptors (Lipinski definition) is 7. The molecule has 230 valence electrons. The fourth-order valence-corrected chi connectivity index (χ4v) is 6.47. The highest BCUT2D eigenvalue weighted by molar-refractivity contribution is 7.91. The molecule has 0 unspecified atom stereocenters. The second-order valence-electron chi connectivity index (χ2n) is 11.0. The number of hydrogen-bond donors (Lipinski definition) is 2. The molecule has 2 N–H and O–H groups in total. The fraction of sp³-hybridized carbons (Fsp3) is 0.387. The molecule has 0 saturated carbocycles. The minimum Gasteiger partial charge on any atom is -0.394 e. The number of anilines is 1. The summed E-state index contributed by atoms with van der Waals surface area (Å²) in [6, 6.07) is 17.9. The Balaban J connectivity index is 1.22. The summed E-state index contributed by atoms with van der Waals surface area (Å²) in [7, 11) is -3.36. The van der Waals surface area contributed by atoms with Gasteiger partial charge in [-0.3, -0.25) is 9.69 Å². The van der Waals surface area contributed by atoms with Gasteiger partial charge >= 0.3 is 6.18 Å². The van der Waals surface area contributed by atoms with Crippen molar-refractivity contribution in [1.29, 1.82) is 0 Å². The van der Waals surface area contributed by atoms with E-state index in [1.807, 2.05) is 12.1 Å². The first-order chi connectivity index (χ1) is 20.4. The van der Waals surface area contributed by atoms with Crippen molar-refractivity contribution in [3.63, 3.8) is 0 Å². The monoisotopic (exact) mass is 617 g/mol. The van der Waals surface area contributed by atoms with E-state index in [1.165, 1.54) is 24.3 Å². The van der Waals surface area contributed by atoms with Crippen LogP contribution < -0.4 is 10.2 Å². The number of nitrogens with zero attached hydrogens (tertiary/aromatic N) is 2. The van der Waals surface area contributed by atoms with Crippen LogP contribution in [-0.4, -0.2) is 75.1 Å². The Bertz CT molecular complexity index is 1520. The van der Waals surface area contributed by atoms with Gasteiger partial charge in [0.15, 0.2) is 9.84 Å². The number of carbonyl (C=O) groups is 1. The van der Waals surface area contributed by atoms with Crippen molar-refractivity contribution < 1.29 is 36.2 Å². The number of aliphatic hydroxyl groups excluding tert-OH is 1. The van der Waals surface area contributed by atoms with Crippen LogP contribution in [0.5, 0.6) is 0 Å². The molecule has 0 bridgehead atoms. The molecule has 2 aliphatic rings. The number of rotatable bonds is 9. The Kier molecular flexibility index (Phi) is 8.85. The number of nitrogens with one attached hydrogen (secondary N) is 1. The second kappa shape index (κ2) is 12.3. The molecule has 5 rings (SSSR count). The first-order valence-electron chi connectivity index (χ1n) is 14.0. The maximum absolute atomic E-state index is 13.0. The third-order valence-corrected chi connectivity index (χ3v) is 9.86. The average molecular weight is 618 g/mol. The van der Waals surface area contributed by atoms with Crippen LogP contribution in [0.25, 0.3) is 0 Å². The van der Waals surface area contributed by atoms with Crippen molar-refractivity contribution in [1.82, 2.24) is 10.2 Å². The Morgan fingerprint density at radius 1 is 1.00 bits per heavy atom. The maximum atomic E-state index is 13.0. The van der Waals surface area contributed by atoms with E-state index in [2.05, 4.69) is 15.1 Å². The highest BCUT2D eigenvalue weighted by Crippen LogP contribution is 2.35. The number of carbonyl (C=O) groups excluding carboxylic acids is 1. The van der Waals surface area contributed by atoms with Crippen LogP contribution in [0.15, 0.2) is 77.7 Å². The largest absolute Gasteiger partial charge is 0.416 e. The summed E-state index contributed by atoms with van der Waals surface area (Å²) in [5.41, 5.74) is 1.81. The summed E-state index contributed by atoms with van der Waals surface area (Å²) in [6.07, 6.45) is -4.36. The third kappa shape index (κ3) is 6.72. The summed E-state index contributed by atoms with van der Waals surface area (Å²) in [6.45, 7) is 4.88. The smallest absolute Gasteiger partial charge is 0.394 e. The molecule has 2 saturated heterocycles. The molecule has 43 heavy (non-hydrogen) atoms. The van der Waals surface area contributed by atoms with Crippen LogP contribution in [0.2, 0.25) is 0 Å². The lowest BCUT2D eigenvalue weighted by Crippen LogP contribution is -2.71. The summed E-state index contributed by atoms with van der Waals surface area (Å²) in [5.74, 6) is -0.395. The van der Waals surface area contributed by atoms with Crippen LogP contribution in [0.4, 0.5) is 18.9 Å². The van der Waals surface area contributed by atoms with Crippen molar-refractivity contribution in [3.05, 3.63) is 95.1 Å². The topological polar surface area (TPSA) is 99.2 Å². The SMILES string of the molecule is CCS(=O)(=O)c1ccc([C@H](CO)NC(=O)c2ccc(N3CCN(Cc4ccc(C(F)(F)F)cc4)CC34COC4)cc2)cc1.